The number of carbonyl (C=O) groups is 2. The van der Waals surface area contributed by atoms with E-state index in [1.807, 2.05) is 0 Å². The Labute approximate surface area is 156 Å². The molecule has 2 rings (SSSR count). The van der Waals surface area contributed by atoms with Crippen LogP contribution in [0.25, 0.3) is 0 Å². The Balaban J connectivity index is 0.000000271. The van der Waals surface area contributed by atoms with E-state index in [1.165, 1.54) is 51.7 Å². The standard InChI is InChI=1S/C10H12O4.C9H10O4/c1-13-9-4-7(3-8(11)6-9)5-10(12)14-2;1-13-9(12)4-6-2-7(10)5-8(11)3-6/h3-4,6,11H,5H2,1-2H3;2-3,5,10-11H,4H2,1H3. The minimum Gasteiger partial charge on any atom is -0.508 e. The second kappa shape index (κ2) is 10.5. The largest absolute Gasteiger partial charge is 0.508 e. The summed E-state index contributed by atoms with van der Waals surface area (Å²) < 4.78 is 13.9. The molecule has 0 amide bonds. The van der Waals surface area contributed by atoms with E-state index >= 15 is 0 Å². The number of ether oxygens (including phenoxy) is 3. The molecule has 8 nitrogen and oxygen atoms in total. The molecule has 0 aliphatic carbocycles. The Morgan fingerprint density at radius 1 is 0.704 bits per heavy atom. The molecule has 2 aromatic rings. The van der Waals surface area contributed by atoms with Gasteiger partial charge in [-0.05, 0) is 35.4 Å². The molecular weight excluding hydrogens is 356 g/mol. The fraction of sp³-hybridized carbons (Fsp3) is 0.263. The molecule has 3 N–H and O–H groups in total. The summed E-state index contributed by atoms with van der Waals surface area (Å²) >= 11 is 0. The molecule has 0 unspecified atom stereocenters. The normalized spacial score (nSPS) is 9.59. The molecule has 0 aliphatic heterocycles. The highest BCUT2D eigenvalue weighted by Gasteiger charge is 2.06. The van der Waals surface area contributed by atoms with Gasteiger partial charge in [0.25, 0.3) is 0 Å². The Bertz CT molecular complexity index is 765. The first-order valence-electron chi connectivity index (χ1n) is 7.79. The lowest BCUT2D eigenvalue weighted by Gasteiger charge is -2.04. The molecule has 8 heteroatoms. The number of hydrogen-bond donors (Lipinski definition) is 3. The highest BCUT2D eigenvalue weighted by Crippen LogP contribution is 2.22. The second-order valence-electron chi connectivity index (χ2n) is 5.40. The van der Waals surface area contributed by atoms with Crippen molar-refractivity contribution < 1.29 is 39.1 Å². The lowest BCUT2D eigenvalue weighted by molar-refractivity contribution is -0.140. The Morgan fingerprint density at radius 3 is 1.52 bits per heavy atom. The number of benzene rings is 2. The van der Waals surface area contributed by atoms with Crippen molar-refractivity contribution in [3.8, 4) is 23.0 Å². The minimum absolute atomic E-state index is 0.0401. The molecule has 27 heavy (non-hydrogen) atoms. The zero-order valence-corrected chi connectivity index (χ0v) is 15.3. The maximum absolute atomic E-state index is 10.9. The van der Waals surface area contributed by atoms with E-state index in [2.05, 4.69) is 9.47 Å². The minimum atomic E-state index is -0.412. The van der Waals surface area contributed by atoms with Gasteiger partial charge in [-0.25, -0.2) is 0 Å². The van der Waals surface area contributed by atoms with E-state index in [4.69, 9.17) is 14.9 Å². The van der Waals surface area contributed by atoms with Crippen LogP contribution in [0.2, 0.25) is 0 Å². The third-order valence-corrected chi connectivity index (χ3v) is 3.30. The van der Waals surface area contributed by atoms with Crippen molar-refractivity contribution in [2.45, 2.75) is 12.8 Å². The molecule has 2 aromatic carbocycles. The van der Waals surface area contributed by atoms with Crippen LogP contribution in [0.3, 0.4) is 0 Å². The molecule has 0 aromatic heterocycles. The Kier molecular flexibility index (Phi) is 8.44. The number of phenolic OH excluding ortho intramolecular Hbond substituents is 3. The first kappa shape index (κ1) is 21.6. The molecule has 0 radical (unpaired) electrons. The van der Waals surface area contributed by atoms with Gasteiger partial charge in [-0.3, -0.25) is 9.59 Å². The fourth-order valence-electron chi connectivity index (χ4n) is 2.10. The van der Waals surface area contributed by atoms with Crippen LogP contribution in [-0.2, 0) is 31.9 Å². The van der Waals surface area contributed by atoms with Crippen LogP contribution in [-0.4, -0.2) is 48.6 Å². The van der Waals surface area contributed by atoms with Crippen molar-refractivity contribution >= 4 is 11.9 Å². The summed E-state index contributed by atoms with van der Waals surface area (Å²) in [7, 11) is 4.10. The average Bonchev–Trinajstić information content (AvgIpc) is 2.60. The highest BCUT2D eigenvalue weighted by molar-refractivity contribution is 5.73. The van der Waals surface area contributed by atoms with Crippen molar-refractivity contribution in [3.63, 3.8) is 0 Å². The van der Waals surface area contributed by atoms with Crippen LogP contribution in [0.5, 0.6) is 23.0 Å². The third kappa shape index (κ3) is 8.00. The van der Waals surface area contributed by atoms with Gasteiger partial charge < -0.3 is 29.5 Å². The zero-order valence-electron chi connectivity index (χ0n) is 15.3. The van der Waals surface area contributed by atoms with Crippen LogP contribution in [0.15, 0.2) is 36.4 Å². The summed E-state index contributed by atoms with van der Waals surface area (Å²) in [6, 6.07) is 8.64. The number of methoxy groups -OCH3 is 3. The van der Waals surface area contributed by atoms with Crippen molar-refractivity contribution in [1.82, 2.24) is 0 Å². The monoisotopic (exact) mass is 378 g/mol. The SMILES string of the molecule is COC(=O)Cc1cc(O)cc(O)c1.COC(=O)Cc1cc(O)cc(OC)c1. The Morgan fingerprint density at radius 2 is 1.11 bits per heavy atom. The number of aromatic hydroxyl groups is 3. The zero-order chi connectivity index (χ0) is 20.4. The number of phenols is 3. The van der Waals surface area contributed by atoms with Gasteiger partial charge in [-0.15, -0.1) is 0 Å². The molecular formula is C19H22O8. The molecule has 0 atom stereocenters. The maximum Gasteiger partial charge on any atom is 0.309 e. The van der Waals surface area contributed by atoms with Crippen LogP contribution < -0.4 is 4.74 Å². The molecule has 0 aliphatic rings. The van der Waals surface area contributed by atoms with Crippen LogP contribution in [0.1, 0.15) is 11.1 Å². The summed E-state index contributed by atoms with van der Waals surface area (Å²) in [5.74, 6) is -0.312. The summed E-state index contributed by atoms with van der Waals surface area (Å²) in [5.41, 5.74) is 1.18. The topological polar surface area (TPSA) is 123 Å². The Hall–Kier alpha value is -3.42. The maximum atomic E-state index is 10.9. The van der Waals surface area contributed by atoms with Gasteiger partial charge in [-0.2, -0.15) is 0 Å². The predicted octanol–water partition coefficient (Wildman–Crippen LogP) is 1.93. The summed E-state index contributed by atoms with van der Waals surface area (Å²) in [6.07, 6.45) is 0.166. The van der Waals surface area contributed by atoms with Crippen molar-refractivity contribution in [1.29, 1.82) is 0 Å². The van der Waals surface area contributed by atoms with Crippen molar-refractivity contribution in [3.05, 3.63) is 47.5 Å². The lowest BCUT2D eigenvalue weighted by Crippen LogP contribution is -2.04. The smallest absolute Gasteiger partial charge is 0.309 e. The van der Waals surface area contributed by atoms with Gasteiger partial charge in [0, 0.05) is 12.1 Å². The van der Waals surface area contributed by atoms with E-state index in [1.54, 1.807) is 6.07 Å². The third-order valence-electron chi connectivity index (χ3n) is 3.30. The van der Waals surface area contributed by atoms with E-state index in [0.29, 0.717) is 16.9 Å². The predicted molar refractivity (Wildman–Crippen MR) is 95.9 cm³/mol. The van der Waals surface area contributed by atoms with E-state index in [-0.39, 0.29) is 36.1 Å². The van der Waals surface area contributed by atoms with Gasteiger partial charge in [0.1, 0.15) is 23.0 Å². The van der Waals surface area contributed by atoms with Crippen molar-refractivity contribution in [2.24, 2.45) is 0 Å². The number of hydrogen-bond acceptors (Lipinski definition) is 8. The van der Waals surface area contributed by atoms with E-state index < -0.39 is 5.97 Å². The van der Waals surface area contributed by atoms with Crippen LogP contribution >= 0.6 is 0 Å². The number of rotatable bonds is 5. The van der Waals surface area contributed by atoms with Crippen LogP contribution in [0.4, 0.5) is 0 Å². The van der Waals surface area contributed by atoms with Gasteiger partial charge in [0.05, 0.1) is 34.2 Å². The number of esters is 2. The first-order chi connectivity index (χ1) is 12.8. The number of carbonyl (C=O) groups excluding carboxylic acids is 2. The molecule has 0 fully saturated rings. The highest BCUT2D eigenvalue weighted by atomic mass is 16.5. The van der Waals surface area contributed by atoms with Gasteiger partial charge >= 0.3 is 11.9 Å². The molecule has 0 bridgehead atoms. The molecule has 0 spiro atoms. The summed E-state index contributed by atoms with van der Waals surface area (Å²) in [5, 5.41) is 27.4. The quantitative estimate of drug-likeness (QED) is 0.675. The van der Waals surface area contributed by atoms with E-state index in [9.17, 15) is 14.7 Å². The first-order valence-corrected chi connectivity index (χ1v) is 7.79. The van der Waals surface area contributed by atoms with Gasteiger partial charge in [0.2, 0.25) is 0 Å². The summed E-state index contributed by atoms with van der Waals surface area (Å²) in [6.45, 7) is 0. The van der Waals surface area contributed by atoms with Crippen LogP contribution in [0, 0.1) is 0 Å². The second-order valence-corrected chi connectivity index (χ2v) is 5.40. The summed E-state index contributed by atoms with van der Waals surface area (Å²) in [4.78, 5) is 21.8. The molecule has 0 saturated carbocycles. The molecule has 0 heterocycles. The molecule has 0 saturated heterocycles. The average molecular weight is 378 g/mol. The molecule has 146 valence electrons. The van der Waals surface area contributed by atoms with Crippen molar-refractivity contribution in [2.75, 3.05) is 21.3 Å². The van der Waals surface area contributed by atoms with Gasteiger partial charge in [-0.1, -0.05) is 0 Å². The lowest BCUT2D eigenvalue weighted by atomic mass is 10.1. The van der Waals surface area contributed by atoms with E-state index in [0.717, 1.165) is 0 Å². The van der Waals surface area contributed by atoms with Gasteiger partial charge in [0.15, 0.2) is 0 Å². The fourth-order valence-corrected chi connectivity index (χ4v) is 2.10.